The maximum atomic E-state index is 12.9. The molecule has 1 aromatic carbocycles. The van der Waals surface area contributed by atoms with Crippen LogP contribution in [0.4, 0.5) is 18.9 Å². The van der Waals surface area contributed by atoms with Crippen LogP contribution >= 0.6 is 11.3 Å². The molecule has 1 saturated heterocycles. The summed E-state index contributed by atoms with van der Waals surface area (Å²) in [6.07, 6.45) is -0.562. The van der Waals surface area contributed by atoms with E-state index in [-0.39, 0.29) is 0 Å². The molecule has 3 aromatic rings. The summed E-state index contributed by atoms with van der Waals surface area (Å²) in [6, 6.07) is 9.04. The Labute approximate surface area is 166 Å². The van der Waals surface area contributed by atoms with Gasteiger partial charge in [-0.3, -0.25) is 9.19 Å². The number of halogens is 3. The molecule has 0 N–H and O–H groups in total. The fourth-order valence-electron chi connectivity index (χ4n) is 2.99. The van der Waals surface area contributed by atoms with E-state index in [1.807, 2.05) is 24.3 Å². The zero-order chi connectivity index (χ0) is 19.7. The third-order valence-corrected chi connectivity index (χ3v) is 6.88. The molecule has 4 rings (SSSR count). The summed E-state index contributed by atoms with van der Waals surface area (Å²) in [6.45, 7) is 1.55. The first-order valence-electron chi connectivity index (χ1n) is 8.59. The first kappa shape index (κ1) is 19.1. The number of pyridine rings is 1. The Morgan fingerprint density at radius 1 is 1.00 bits per heavy atom. The van der Waals surface area contributed by atoms with Crippen molar-refractivity contribution >= 4 is 27.8 Å². The van der Waals surface area contributed by atoms with Gasteiger partial charge in [0.15, 0.2) is 0 Å². The van der Waals surface area contributed by atoms with Crippen LogP contribution in [-0.4, -0.2) is 38.8 Å². The van der Waals surface area contributed by atoms with E-state index >= 15 is 0 Å². The van der Waals surface area contributed by atoms with Crippen LogP contribution in [-0.2, 0) is 17.0 Å². The molecule has 0 spiro atoms. The van der Waals surface area contributed by atoms with Crippen molar-refractivity contribution in [3.63, 3.8) is 0 Å². The highest BCUT2D eigenvalue weighted by Crippen LogP contribution is 2.35. The molecule has 4 nitrogen and oxygen atoms in total. The van der Waals surface area contributed by atoms with Crippen LogP contribution in [0.1, 0.15) is 5.56 Å². The van der Waals surface area contributed by atoms with Gasteiger partial charge in [0.2, 0.25) is 0 Å². The zero-order valence-electron chi connectivity index (χ0n) is 14.6. The fourth-order valence-corrected chi connectivity index (χ4v) is 4.94. The van der Waals surface area contributed by atoms with Crippen molar-refractivity contribution in [1.82, 2.24) is 9.97 Å². The van der Waals surface area contributed by atoms with E-state index < -0.39 is 22.5 Å². The predicted octanol–water partition coefficient (Wildman–Crippen LogP) is 4.46. The molecule has 0 bridgehead atoms. The molecule has 1 fully saturated rings. The maximum absolute atomic E-state index is 12.9. The molecule has 0 aliphatic carbocycles. The normalized spacial score (nSPS) is 15.8. The topological polar surface area (TPSA) is 46.1 Å². The van der Waals surface area contributed by atoms with E-state index in [0.717, 1.165) is 41.5 Å². The lowest BCUT2D eigenvalue weighted by molar-refractivity contribution is -0.137. The average Bonchev–Trinajstić information content (AvgIpc) is 3.18. The number of aromatic nitrogens is 2. The Bertz CT molecular complexity index is 992. The van der Waals surface area contributed by atoms with Crippen LogP contribution in [0.3, 0.4) is 0 Å². The predicted molar refractivity (Wildman–Crippen MR) is 106 cm³/mol. The lowest BCUT2D eigenvalue weighted by Crippen LogP contribution is -2.37. The first-order valence-corrected chi connectivity index (χ1v) is 10.9. The van der Waals surface area contributed by atoms with Crippen molar-refractivity contribution in [2.45, 2.75) is 6.18 Å². The molecular formula is C19H16F3N3OS2. The quantitative estimate of drug-likeness (QED) is 0.624. The standard InChI is InChI=1S/C19H16F3N3OS2/c20-19(21,22)15-9-14(10-23-11-15)18-24-12-17(27-18)13-1-3-16(4-2-13)25-5-7-28(26)8-6-25/h1-4,9-12H,5-8H2. The first-order chi connectivity index (χ1) is 13.4. The molecule has 1 aliphatic heterocycles. The van der Waals surface area contributed by atoms with Crippen LogP contribution < -0.4 is 4.90 Å². The van der Waals surface area contributed by atoms with Gasteiger partial charge in [-0.1, -0.05) is 12.1 Å². The Hall–Kier alpha value is -2.26. The summed E-state index contributed by atoms with van der Waals surface area (Å²) >= 11 is 1.33. The van der Waals surface area contributed by atoms with Gasteiger partial charge in [-0.05, 0) is 23.8 Å². The average molecular weight is 423 g/mol. The van der Waals surface area contributed by atoms with E-state index in [0.29, 0.717) is 22.1 Å². The summed E-state index contributed by atoms with van der Waals surface area (Å²) in [5, 5.41) is 0.496. The highest BCUT2D eigenvalue weighted by Gasteiger charge is 2.31. The van der Waals surface area contributed by atoms with E-state index in [1.54, 1.807) is 6.20 Å². The van der Waals surface area contributed by atoms with Gasteiger partial charge in [0, 0.05) is 65.2 Å². The van der Waals surface area contributed by atoms with Gasteiger partial charge in [-0.2, -0.15) is 13.2 Å². The van der Waals surface area contributed by atoms with Crippen LogP contribution in [0, 0.1) is 0 Å². The molecule has 3 heterocycles. The van der Waals surface area contributed by atoms with Gasteiger partial charge in [-0.15, -0.1) is 11.3 Å². The van der Waals surface area contributed by atoms with Gasteiger partial charge < -0.3 is 4.90 Å². The van der Waals surface area contributed by atoms with Crippen LogP contribution in [0.25, 0.3) is 21.0 Å². The second-order valence-corrected chi connectivity index (χ2v) is 9.10. The molecule has 9 heteroatoms. The fraction of sp³-hybridized carbons (Fsp3) is 0.263. The van der Waals surface area contributed by atoms with E-state index in [4.69, 9.17) is 0 Å². The van der Waals surface area contributed by atoms with Crippen LogP contribution in [0.15, 0.2) is 48.9 Å². The zero-order valence-corrected chi connectivity index (χ0v) is 16.3. The lowest BCUT2D eigenvalue weighted by Gasteiger charge is -2.28. The smallest absolute Gasteiger partial charge is 0.370 e. The van der Waals surface area contributed by atoms with E-state index in [9.17, 15) is 17.4 Å². The number of rotatable bonds is 3. The molecule has 2 aromatic heterocycles. The number of anilines is 1. The Balaban J connectivity index is 1.54. The minimum absolute atomic E-state index is 0.351. The Kier molecular flexibility index (Phi) is 5.20. The monoisotopic (exact) mass is 423 g/mol. The molecule has 0 atom stereocenters. The number of alkyl halides is 3. The SMILES string of the molecule is O=S1CCN(c2ccc(-c3cnc(-c4cncc(C(F)(F)F)c4)s3)cc2)CC1. The second kappa shape index (κ2) is 7.63. The van der Waals surface area contributed by atoms with Gasteiger partial charge in [0.1, 0.15) is 5.01 Å². The van der Waals surface area contributed by atoms with Crippen molar-refractivity contribution in [2.75, 3.05) is 29.5 Å². The van der Waals surface area contributed by atoms with Crippen molar-refractivity contribution in [3.8, 4) is 21.0 Å². The summed E-state index contributed by atoms with van der Waals surface area (Å²) in [5.41, 5.74) is 1.60. The number of hydrogen-bond donors (Lipinski definition) is 0. The van der Waals surface area contributed by atoms with Crippen molar-refractivity contribution < 1.29 is 17.4 Å². The van der Waals surface area contributed by atoms with Crippen LogP contribution in [0.5, 0.6) is 0 Å². The second-order valence-electron chi connectivity index (χ2n) is 6.37. The molecule has 0 saturated carbocycles. The Morgan fingerprint density at radius 2 is 1.71 bits per heavy atom. The van der Waals surface area contributed by atoms with Gasteiger partial charge in [0.05, 0.1) is 10.4 Å². The van der Waals surface area contributed by atoms with Crippen LogP contribution in [0.2, 0.25) is 0 Å². The summed E-state index contributed by atoms with van der Waals surface area (Å²) in [7, 11) is -0.716. The van der Waals surface area contributed by atoms with E-state index in [2.05, 4.69) is 14.9 Å². The van der Waals surface area contributed by atoms with Gasteiger partial charge in [0.25, 0.3) is 0 Å². The van der Waals surface area contributed by atoms with Crippen molar-refractivity contribution in [3.05, 3.63) is 54.5 Å². The molecular weight excluding hydrogens is 407 g/mol. The number of hydrogen-bond acceptors (Lipinski definition) is 5. The molecule has 0 unspecified atom stereocenters. The molecule has 0 amide bonds. The third-order valence-electron chi connectivity index (χ3n) is 4.51. The largest absolute Gasteiger partial charge is 0.417 e. The van der Waals surface area contributed by atoms with Crippen molar-refractivity contribution in [2.24, 2.45) is 0 Å². The molecule has 0 radical (unpaired) electrons. The molecule has 28 heavy (non-hydrogen) atoms. The maximum Gasteiger partial charge on any atom is 0.417 e. The summed E-state index contributed by atoms with van der Waals surface area (Å²) in [5.74, 6) is 1.37. The summed E-state index contributed by atoms with van der Waals surface area (Å²) < 4.78 is 50.2. The number of benzene rings is 1. The number of thiazole rings is 1. The third kappa shape index (κ3) is 4.10. The molecule has 146 valence electrons. The highest BCUT2D eigenvalue weighted by molar-refractivity contribution is 7.85. The molecule has 1 aliphatic rings. The minimum Gasteiger partial charge on any atom is -0.370 e. The lowest BCUT2D eigenvalue weighted by atomic mass is 10.1. The Morgan fingerprint density at radius 3 is 2.39 bits per heavy atom. The van der Waals surface area contributed by atoms with Gasteiger partial charge >= 0.3 is 6.18 Å². The highest BCUT2D eigenvalue weighted by atomic mass is 32.2. The summed E-state index contributed by atoms with van der Waals surface area (Å²) in [4.78, 5) is 11.1. The van der Waals surface area contributed by atoms with E-state index in [1.165, 1.54) is 17.5 Å². The van der Waals surface area contributed by atoms with Gasteiger partial charge in [-0.25, -0.2) is 4.98 Å². The number of nitrogens with zero attached hydrogens (tertiary/aromatic N) is 3. The van der Waals surface area contributed by atoms with Crippen molar-refractivity contribution in [1.29, 1.82) is 0 Å². The minimum atomic E-state index is -4.43.